The molecule has 7 heteroatoms. The SMILES string of the molecule is Nc1ccccc1SC[C@@H]1CO[C@@](CCc2ccc(Cl)cc2)(Cn2ccnc2)O1. The summed E-state index contributed by atoms with van der Waals surface area (Å²) in [5.74, 6) is 0.120. The van der Waals surface area contributed by atoms with Crippen molar-refractivity contribution in [3.05, 3.63) is 77.8 Å². The lowest BCUT2D eigenvalue weighted by Gasteiger charge is -2.28. The van der Waals surface area contributed by atoms with Gasteiger partial charge in [0.15, 0.2) is 5.79 Å². The number of aryl methyl sites for hydroxylation is 1. The fourth-order valence-corrected chi connectivity index (χ4v) is 4.50. The lowest BCUT2D eigenvalue weighted by atomic mass is 10.0. The summed E-state index contributed by atoms with van der Waals surface area (Å²) >= 11 is 7.71. The molecule has 0 unspecified atom stereocenters. The van der Waals surface area contributed by atoms with E-state index in [9.17, 15) is 0 Å². The Morgan fingerprint density at radius 3 is 2.79 bits per heavy atom. The molecular weight excluding hydrogens is 406 g/mol. The average molecular weight is 430 g/mol. The van der Waals surface area contributed by atoms with Gasteiger partial charge in [0.2, 0.25) is 0 Å². The van der Waals surface area contributed by atoms with Crippen molar-refractivity contribution >= 4 is 29.1 Å². The first kappa shape index (κ1) is 20.3. The van der Waals surface area contributed by atoms with E-state index in [-0.39, 0.29) is 6.10 Å². The van der Waals surface area contributed by atoms with Gasteiger partial charge in [0.1, 0.15) is 0 Å². The summed E-state index contributed by atoms with van der Waals surface area (Å²) in [6.07, 6.45) is 7.10. The molecule has 0 spiro atoms. The van der Waals surface area contributed by atoms with E-state index >= 15 is 0 Å². The van der Waals surface area contributed by atoms with Crippen LogP contribution in [0.4, 0.5) is 5.69 Å². The smallest absolute Gasteiger partial charge is 0.187 e. The van der Waals surface area contributed by atoms with Gasteiger partial charge in [-0.2, -0.15) is 0 Å². The Labute approximate surface area is 180 Å². The summed E-state index contributed by atoms with van der Waals surface area (Å²) in [5, 5.41) is 0.743. The van der Waals surface area contributed by atoms with Gasteiger partial charge < -0.3 is 19.8 Å². The molecule has 29 heavy (non-hydrogen) atoms. The molecule has 1 fully saturated rings. The number of nitrogens with two attached hydrogens (primary N) is 1. The predicted octanol–water partition coefficient (Wildman–Crippen LogP) is 4.66. The highest BCUT2D eigenvalue weighted by atomic mass is 35.5. The summed E-state index contributed by atoms with van der Waals surface area (Å²) in [6, 6.07) is 15.8. The molecule has 3 aromatic rings. The van der Waals surface area contributed by atoms with Crippen molar-refractivity contribution in [1.29, 1.82) is 0 Å². The third kappa shape index (κ3) is 5.34. The van der Waals surface area contributed by atoms with E-state index in [1.54, 1.807) is 24.3 Å². The van der Waals surface area contributed by atoms with Gasteiger partial charge in [-0.15, -0.1) is 11.8 Å². The molecular formula is C22H24ClN3O2S. The third-order valence-electron chi connectivity index (χ3n) is 4.95. The zero-order valence-electron chi connectivity index (χ0n) is 16.0. The summed E-state index contributed by atoms with van der Waals surface area (Å²) in [6.45, 7) is 1.17. The van der Waals surface area contributed by atoms with Crippen molar-refractivity contribution in [2.75, 3.05) is 18.1 Å². The van der Waals surface area contributed by atoms with E-state index in [1.165, 1.54) is 5.56 Å². The lowest BCUT2D eigenvalue weighted by molar-refractivity contribution is -0.180. The molecule has 4 rings (SSSR count). The van der Waals surface area contributed by atoms with Crippen molar-refractivity contribution < 1.29 is 9.47 Å². The number of aromatic nitrogens is 2. The van der Waals surface area contributed by atoms with Crippen LogP contribution in [0.5, 0.6) is 0 Å². The molecule has 0 bridgehead atoms. The highest BCUT2D eigenvalue weighted by molar-refractivity contribution is 7.99. The zero-order chi connectivity index (χ0) is 20.1. The van der Waals surface area contributed by atoms with Crippen LogP contribution in [0, 0.1) is 0 Å². The molecule has 5 nitrogen and oxygen atoms in total. The number of thioether (sulfide) groups is 1. The molecule has 152 valence electrons. The summed E-state index contributed by atoms with van der Waals surface area (Å²) in [5.41, 5.74) is 8.06. The quantitative estimate of drug-likeness (QED) is 0.417. The second kappa shape index (κ2) is 9.22. The van der Waals surface area contributed by atoms with E-state index in [1.807, 2.05) is 59.3 Å². The number of halogens is 1. The molecule has 0 saturated carbocycles. The van der Waals surface area contributed by atoms with Gasteiger partial charge in [0, 0.05) is 40.2 Å². The summed E-state index contributed by atoms with van der Waals surface area (Å²) in [7, 11) is 0. The van der Waals surface area contributed by atoms with Gasteiger partial charge in [-0.25, -0.2) is 4.98 Å². The molecule has 2 heterocycles. The number of ether oxygens (including phenoxy) is 2. The fraction of sp³-hybridized carbons (Fsp3) is 0.318. The normalized spacial score (nSPS) is 21.5. The molecule has 0 amide bonds. The minimum Gasteiger partial charge on any atom is -0.398 e. The Kier molecular flexibility index (Phi) is 6.45. The largest absolute Gasteiger partial charge is 0.398 e. The average Bonchev–Trinajstić information content (AvgIpc) is 3.38. The van der Waals surface area contributed by atoms with E-state index in [0.29, 0.717) is 13.2 Å². The third-order valence-corrected chi connectivity index (χ3v) is 6.42. The topological polar surface area (TPSA) is 62.3 Å². The molecule has 1 aromatic heterocycles. The first-order chi connectivity index (χ1) is 14.1. The van der Waals surface area contributed by atoms with Crippen molar-refractivity contribution in [3.63, 3.8) is 0 Å². The van der Waals surface area contributed by atoms with E-state index < -0.39 is 5.79 Å². The van der Waals surface area contributed by atoms with E-state index in [0.717, 1.165) is 34.2 Å². The lowest BCUT2D eigenvalue weighted by Crippen LogP contribution is -2.37. The summed E-state index contributed by atoms with van der Waals surface area (Å²) in [4.78, 5) is 5.22. The Balaban J connectivity index is 1.41. The van der Waals surface area contributed by atoms with Crippen LogP contribution in [0.2, 0.25) is 5.02 Å². The Morgan fingerprint density at radius 1 is 1.21 bits per heavy atom. The number of benzene rings is 2. The van der Waals surface area contributed by atoms with Crippen LogP contribution >= 0.6 is 23.4 Å². The number of nitrogens with zero attached hydrogens (tertiary/aromatic N) is 2. The maximum atomic E-state index is 6.47. The van der Waals surface area contributed by atoms with Gasteiger partial charge >= 0.3 is 0 Å². The van der Waals surface area contributed by atoms with Gasteiger partial charge in [-0.05, 0) is 36.2 Å². The Bertz CT molecular complexity index is 920. The molecule has 1 aliphatic rings. The summed E-state index contributed by atoms with van der Waals surface area (Å²) < 4.78 is 14.7. The number of nitrogen functional groups attached to an aromatic ring is 1. The monoisotopic (exact) mass is 429 g/mol. The van der Waals surface area contributed by atoms with Gasteiger partial charge in [0.05, 0.1) is 25.6 Å². The highest BCUT2D eigenvalue weighted by Gasteiger charge is 2.41. The van der Waals surface area contributed by atoms with Crippen molar-refractivity contribution in [3.8, 4) is 0 Å². The van der Waals surface area contributed by atoms with Crippen LogP contribution in [0.15, 0.2) is 72.1 Å². The molecule has 0 radical (unpaired) electrons. The van der Waals surface area contributed by atoms with Crippen LogP contribution in [-0.2, 0) is 22.4 Å². The van der Waals surface area contributed by atoms with E-state index in [2.05, 4.69) is 4.98 Å². The number of imidazole rings is 1. The number of para-hydroxylation sites is 1. The fourth-order valence-electron chi connectivity index (χ4n) is 3.43. The van der Waals surface area contributed by atoms with Gasteiger partial charge in [-0.1, -0.05) is 35.9 Å². The number of hydrogen-bond donors (Lipinski definition) is 1. The van der Waals surface area contributed by atoms with E-state index in [4.69, 9.17) is 26.8 Å². The van der Waals surface area contributed by atoms with Crippen LogP contribution < -0.4 is 5.73 Å². The maximum Gasteiger partial charge on any atom is 0.187 e. The number of anilines is 1. The van der Waals surface area contributed by atoms with Crippen molar-refractivity contribution in [1.82, 2.24) is 9.55 Å². The standard InChI is InChI=1S/C22H24ClN3O2S/c23-18-7-5-17(6-8-18)9-10-22(15-26-12-11-25-16-26)27-13-19(28-22)14-29-21-4-2-1-3-20(21)24/h1-8,11-12,16,19H,9-10,13-15,24H2/t19-,22+/m0/s1. The van der Waals surface area contributed by atoms with Crippen molar-refractivity contribution in [2.24, 2.45) is 0 Å². The molecule has 2 aromatic carbocycles. The number of hydrogen-bond acceptors (Lipinski definition) is 5. The van der Waals surface area contributed by atoms with Crippen LogP contribution in [0.25, 0.3) is 0 Å². The van der Waals surface area contributed by atoms with Crippen LogP contribution in [0.1, 0.15) is 12.0 Å². The molecule has 1 aliphatic heterocycles. The van der Waals surface area contributed by atoms with Crippen molar-refractivity contribution in [2.45, 2.75) is 36.2 Å². The molecule has 0 aliphatic carbocycles. The minimum atomic E-state index is -0.673. The molecule has 2 atom stereocenters. The maximum absolute atomic E-state index is 6.47. The predicted molar refractivity (Wildman–Crippen MR) is 117 cm³/mol. The highest BCUT2D eigenvalue weighted by Crippen LogP contribution is 2.34. The van der Waals surface area contributed by atoms with Crippen LogP contribution in [0.3, 0.4) is 0 Å². The first-order valence-electron chi connectivity index (χ1n) is 9.61. The second-order valence-corrected chi connectivity index (χ2v) is 8.67. The molecule has 2 N–H and O–H groups in total. The minimum absolute atomic E-state index is 0.00773. The Morgan fingerprint density at radius 2 is 2.03 bits per heavy atom. The number of rotatable bonds is 8. The zero-order valence-corrected chi connectivity index (χ0v) is 17.6. The first-order valence-corrected chi connectivity index (χ1v) is 11.0. The van der Waals surface area contributed by atoms with Crippen LogP contribution in [-0.4, -0.2) is 33.8 Å². The van der Waals surface area contributed by atoms with Gasteiger partial charge in [-0.3, -0.25) is 0 Å². The van der Waals surface area contributed by atoms with Gasteiger partial charge in [0.25, 0.3) is 0 Å². The molecule has 1 saturated heterocycles. The second-order valence-electron chi connectivity index (χ2n) is 7.17. The Hall–Kier alpha value is -1.99.